The Morgan fingerprint density at radius 1 is 1.17 bits per heavy atom. The van der Waals surface area contributed by atoms with E-state index in [9.17, 15) is 4.79 Å². The molecule has 1 aliphatic rings. The van der Waals surface area contributed by atoms with Crippen LogP contribution in [0, 0.1) is 0 Å². The van der Waals surface area contributed by atoms with Gasteiger partial charge in [0.1, 0.15) is 13.2 Å². The molecule has 0 spiro atoms. The number of anilines is 1. The molecule has 0 radical (unpaired) electrons. The van der Waals surface area contributed by atoms with Crippen LogP contribution in [0.4, 0.5) is 5.69 Å². The second-order valence-corrected chi connectivity index (χ2v) is 7.13. The second-order valence-electron chi connectivity index (χ2n) is 6.04. The molecule has 1 amide bonds. The van der Waals surface area contributed by atoms with Gasteiger partial charge in [0.2, 0.25) is 0 Å². The number of carbonyl (C=O) groups excluding carboxylic acids is 1. The fourth-order valence-electron chi connectivity index (χ4n) is 2.68. The molecule has 3 heterocycles. The number of amides is 1. The van der Waals surface area contributed by atoms with Crippen molar-refractivity contribution >= 4 is 33.0 Å². The maximum Gasteiger partial charge on any atom is 0.265 e. The Balaban J connectivity index is 1.54. The van der Waals surface area contributed by atoms with E-state index < -0.39 is 0 Å². The highest BCUT2D eigenvalue weighted by Crippen LogP contribution is 2.33. The van der Waals surface area contributed by atoms with E-state index >= 15 is 0 Å². The number of hydrogen-bond donors (Lipinski definition) is 1. The van der Waals surface area contributed by atoms with Crippen molar-refractivity contribution in [1.82, 2.24) is 4.57 Å². The van der Waals surface area contributed by atoms with Gasteiger partial charge in [0.05, 0.1) is 9.58 Å². The van der Waals surface area contributed by atoms with Crippen molar-refractivity contribution in [2.45, 2.75) is 19.9 Å². The second kappa shape index (κ2) is 5.87. The van der Waals surface area contributed by atoms with Crippen LogP contribution in [0.1, 0.15) is 29.6 Å². The van der Waals surface area contributed by atoms with E-state index in [0.29, 0.717) is 41.3 Å². The van der Waals surface area contributed by atoms with Crippen molar-refractivity contribution in [3.63, 3.8) is 0 Å². The first-order valence-electron chi connectivity index (χ1n) is 7.92. The molecule has 0 saturated heterocycles. The van der Waals surface area contributed by atoms with Gasteiger partial charge < -0.3 is 19.4 Å². The number of nitrogens with one attached hydrogen (secondary N) is 1. The number of thiophene rings is 1. The molecule has 1 N–H and O–H groups in total. The van der Waals surface area contributed by atoms with Crippen LogP contribution in [0.15, 0.2) is 36.7 Å². The lowest BCUT2D eigenvalue weighted by molar-refractivity contribution is 0.103. The summed E-state index contributed by atoms with van der Waals surface area (Å²) in [6, 6.07) is 7.80. The summed E-state index contributed by atoms with van der Waals surface area (Å²) in [7, 11) is 0. The zero-order chi connectivity index (χ0) is 16.7. The van der Waals surface area contributed by atoms with Crippen LogP contribution in [0.3, 0.4) is 0 Å². The highest BCUT2D eigenvalue weighted by Gasteiger charge is 2.15. The van der Waals surface area contributed by atoms with Crippen molar-refractivity contribution in [2.24, 2.45) is 0 Å². The Morgan fingerprint density at radius 3 is 2.71 bits per heavy atom. The van der Waals surface area contributed by atoms with Crippen LogP contribution >= 0.6 is 11.3 Å². The van der Waals surface area contributed by atoms with E-state index in [-0.39, 0.29) is 5.91 Å². The predicted molar refractivity (Wildman–Crippen MR) is 95.6 cm³/mol. The molecule has 4 rings (SSSR count). The Kier molecular flexibility index (Phi) is 3.69. The lowest BCUT2D eigenvalue weighted by Gasteiger charge is -2.18. The Hall–Kier alpha value is -2.47. The maximum absolute atomic E-state index is 12.5. The molecule has 0 fully saturated rings. The maximum atomic E-state index is 12.5. The predicted octanol–water partition coefficient (Wildman–Crippen LogP) is 4.31. The molecule has 5 nitrogen and oxygen atoms in total. The number of aromatic nitrogens is 1. The SMILES string of the molecule is CC(C)n1cc2cc(C(=O)Nc3ccc4c(c3)OCCO4)sc2c1. The highest BCUT2D eigenvalue weighted by molar-refractivity contribution is 7.20. The molecule has 0 bridgehead atoms. The fourth-order valence-corrected chi connectivity index (χ4v) is 3.65. The van der Waals surface area contributed by atoms with Crippen LogP contribution in [-0.2, 0) is 0 Å². The summed E-state index contributed by atoms with van der Waals surface area (Å²) in [4.78, 5) is 13.2. The van der Waals surface area contributed by atoms with Gasteiger partial charge in [-0.25, -0.2) is 0 Å². The number of ether oxygens (including phenoxy) is 2. The zero-order valence-electron chi connectivity index (χ0n) is 13.5. The largest absolute Gasteiger partial charge is 0.486 e. The summed E-state index contributed by atoms with van der Waals surface area (Å²) in [5.74, 6) is 1.28. The van der Waals surface area contributed by atoms with E-state index in [0.717, 1.165) is 10.1 Å². The summed E-state index contributed by atoms with van der Waals surface area (Å²) in [5.41, 5.74) is 0.703. The van der Waals surface area contributed by atoms with Gasteiger partial charge in [0.15, 0.2) is 11.5 Å². The number of carbonyl (C=O) groups is 1. The van der Waals surface area contributed by atoms with E-state index in [1.165, 1.54) is 11.3 Å². The van der Waals surface area contributed by atoms with Crippen molar-refractivity contribution in [1.29, 1.82) is 0 Å². The summed E-state index contributed by atoms with van der Waals surface area (Å²) >= 11 is 1.50. The molecule has 1 aromatic carbocycles. The van der Waals surface area contributed by atoms with Crippen LogP contribution in [0.25, 0.3) is 10.1 Å². The molecule has 0 unspecified atom stereocenters. The summed E-state index contributed by atoms with van der Waals surface area (Å²) in [6.45, 7) is 5.36. The molecule has 2 aromatic heterocycles. The summed E-state index contributed by atoms with van der Waals surface area (Å²) < 4.78 is 14.3. The van der Waals surface area contributed by atoms with Gasteiger partial charge in [-0.05, 0) is 32.0 Å². The lowest BCUT2D eigenvalue weighted by atomic mass is 10.2. The molecule has 24 heavy (non-hydrogen) atoms. The lowest BCUT2D eigenvalue weighted by Crippen LogP contribution is -2.16. The fraction of sp³-hybridized carbons (Fsp3) is 0.278. The topological polar surface area (TPSA) is 52.5 Å². The Morgan fingerprint density at radius 2 is 1.96 bits per heavy atom. The first-order chi connectivity index (χ1) is 11.6. The van der Waals surface area contributed by atoms with Crippen LogP contribution in [0.2, 0.25) is 0 Å². The van der Waals surface area contributed by atoms with Crippen molar-refractivity contribution in [2.75, 3.05) is 18.5 Å². The third kappa shape index (κ3) is 2.73. The summed E-state index contributed by atoms with van der Waals surface area (Å²) in [5, 5.41) is 4.02. The minimum absolute atomic E-state index is 0.107. The average molecular weight is 342 g/mol. The molecule has 1 aliphatic heterocycles. The van der Waals surface area contributed by atoms with E-state index in [1.54, 1.807) is 6.07 Å². The first-order valence-corrected chi connectivity index (χ1v) is 8.74. The molecular formula is C18H18N2O3S. The van der Waals surface area contributed by atoms with Crippen LogP contribution < -0.4 is 14.8 Å². The molecule has 6 heteroatoms. The molecule has 0 aliphatic carbocycles. The normalized spacial score (nSPS) is 13.5. The molecule has 3 aromatic rings. The minimum Gasteiger partial charge on any atom is -0.486 e. The molecule has 0 saturated carbocycles. The van der Waals surface area contributed by atoms with E-state index in [2.05, 4.69) is 36.1 Å². The van der Waals surface area contributed by atoms with Gasteiger partial charge in [0.25, 0.3) is 5.91 Å². The number of fused-ring (bicyclic) bond motifs is 2. The van der Waals surface area contributed by atoms with Gasteiger partial charge >= 0.3 is 0 Å². The van der Waals surface area contributed by atoms with Crippen LogP contribution in [0.5, 0.6) is 11.5 Å². The molecule has 124 valence electrons. The summed E-state index contributed by atoms with van der Waals surface area (Å²) in [6.07, 6.45) is 4.17. The van der Waals surface area contributed by atoms with Gasteiger partial charge in [-0.1, -0.05) is 0 Å². The third-order valence-electron chi connectivity index (χ3n) is 3.97. The van der Waals surface area contributed by atoms with Crippen molar-refractivity contribution < 1.29 is 14.3 Å². The first kappa shape index (κ1) is 15.1. The quantitative estimate of drug-likeness (QED) is 0.772. The van der Waals surface area contributed by atoms with Gasteiger partial charge in [0, 0.05) is 35.6 Å². The van der Waals surface area contributed by atoms with E-state index in [4.69, 9.17) is 9.47 Å². The standard InChI is InChI=1S/C18H18N2O3S/c1-11(2)20-9-12-7-16(24-17(12)10-20)18(21)19-13-3-4-14-15(8-13)23-6-5-22-14/h3-4,7-11H,5-6H2,1-2H3,(H,19,21). The number of rotatable bonds is 3. The molecular weight excluding hydrogens is 324 g/mol. The minimum atomic E-state index is -0.107. The highest BCUT2D eigenvalue weighted by atomic mass is 32.1. The van der Waals surface area contributed by atoms with Gasteiger partial charge in [-0.2, -0.15) is 0 Å². The number of nitrogens with zero attached hydrogens (tertiary/aromatic N) is 1. The van der Waals surface area contributed by atoms with Crippen molar-refractivity contribution in [3.05, 3.63) is 41.5 Å². The smallest absolute Gasteiger partial charge is 0.265 e. The third-order valence-corrected chi connectivity index (χ3v) is 5.05. The molecule has 0 atom stereocenters. The Bertz CT molecular complexity index is 879. The van der Waals surface area contributed by atoms with Crippen LogP contribution in [-0.4, -0.2) is 23.7 Å². The number of hydrogen-bond acceptors (Lipinski definition) is 4. The number of benzene rings is 1. The van der Waals surface area contributed by atoms with Crippen molar-refractivity contribution in [3.8, 4) is 11.5 Å². The average Bonchev–Trinajstić information content (AvgIpc) is 3.13. The van der Waals surface area contributed by atoms with Gasteiger partial charge in [-0.15, -0.1) is 11.3 Å². The van der Waals surface area contributed by atoms with Gasteiger partial charge in [-0.3, -0.25) is 4.79 Å². The zero-order valence-corrected chi connectivity index (χ0v) is 14.4. The van der Waals surface area contributed by atoms with E-state index in [1.807, 2.05) is 18.2 Å². The monoisotopic (exact) mass is 342 g/mol. The Labute approximate surface area is 143 Å².